The van der Waals surface area contributed by atoms with E-state index < -0.39 is 0 Å². The minimum atomic E-state index is 0.0787. The van der Waals surface area contributed by atoms with E-state index in [0.29, 0.717) is 0 Å². The van der Waals surface area contributed by atoms with Gasteiger partial charge in [-0.1, -0.05) is 12.1 Å². The van der Waals surface area contributed by atoms with Crippen molar-refractivity contribution in [2.75, 3.05) is 13.7 Å². The zero-order valence-electron chi connectivity index (χ0n) is 10.2. The topological polar surface area (TPSA) is 36.3 Å². The summed E-state index contributed by atoms with van der Waals surface area (Å²) in [5.74, 6) is 0.882. The van der Waals surface area contributed by atoms with Gasteiger partial charge in [0, 0.05) is 6.54 Å². The maximum absolute atomic E-state index is 9.12. The van der Waals surface area contributed by atoms with Crippen molar-refractivity contribution in [3.05, 3.63) is 29.8 Å². The zero-order chi connectivity index (χ0) is 12.1. The Labute approximate surface area is 103 Å². The lowest BCUT2D eigenvalue weighted by Gasteiger charge is -2.31. The summed E-state index contributed by atoms with van der Waals surface area (Å²) < 4.78 is 5.21. The quantitative estimate of drug-likeness (QED) is 0.800. The molecule has 3 heteroatoms. The van der Waals surface area contributed by atoms with Crippen molar-refractivity contribution in [2.24, 2.45) is 0 Å². The molecular weight excluding hydrogens is 212 g/mol. The van der Waals surface area contributed by atoms with Gasteiger partial charge in [-0.15, -0.1) is 0 Å². The molecule has 1 aliphatic rings. The van der Waals surface area contributed by atoms with Crippen LogP contribution in [-0.2, 0) is 6.54 Å². The molecule has 0 amide bonds. The molecule has 1 heterocycles. The van der Waals surface area contributed by atoms with E-state index in [-0.39, 0.29) is 6.04 Å². The average molecular weight is 230 g/mol. The van der Waals surface area contributed by atoms with E-state index in [1.54, 1.807) is 7.11 Å². The fourth-order valence-electron chi connectivity index (χ4n) is 2.33. The molecule has 1 atom stereocenters. The SMILES string of the molecule is COc1cccc(CN2CCCCC2C#N)c1. The molecule has 0 bridgehead atoms. The van der Waals surface area contributed by atoms with Gasteiger partial charge in [0.15, 0.2) is 0 Å². The van der Waals surface area contributed by atoms with E-state index in [1.807, 2.05) is 18.2 Å². The van der Waals surface area contributed by atoms with E-state index in [2.05, 4.69) is 17.0 Å². The molecule has 1 aromatic rings. The lowest BCUT2D eigenvalue weighted by Crippen LogP contribution is -2.37. The minimum absolute atomic E-state index is 0.0787. The third-order valence-electron chi connectivity index (χ3n) is 3.28. The van der Waals surface area contributed by atoms with Gasteiger partial charge >= 0.3 is 0 Å². The Morgan fingerprint density at radius 1 is 1.47 bits per heavy atom. The number of piperidine rings is 1. The number of likely N-dealkylation sites (tertiary alicyclic amines) is 1. The van der Waals surface area contributed by atoms with Crippen LogP contribution in [0.3, 0.4) is 0 Å². The van der Waals surface area contributed by atoms with Crippen LogP contribution in [0.1, 0.15) is 24.8 Å². The Kier molecular flexibility index (Phi) is 4.00. The van der Waals surface area contributed by atoms with Gasteiger partial charge in [-0.3, -0.25) is 4.90 Å². The Morgan fingerprint density at radius 3 is 3.12 bits per heavy atom. The van der Waals surface area contributed by atoms with E-state index in [0.717, 1.165) is 25.3 Å². The molecule has 0 radical (unpaired) electrons. The molecule has 1 fully saturated rings. The van der Waals surface area contributed by atoms with Crippen molar-refractivity contribution in [3.63, 3.8) is 0 Å². The maximum Gasteiger partial charge on any atom is 0.119 e. The second-order valence-corrected chi connectivity index (χ2v) is 4.46. The molecule has 0 aromatic heterocycles. The third-order valence-corrected chi connectivity index (χ3v) is 3.28. The van der Waals surface area contributed by atoms with E-state index in [1.165, 1.54) is 18.4 Å². The zero-order valence-corrected chi connectivity index (χ0v) is 10.2. The first kappa shape index (κ1) is 11.9. The van der Waals surface area contributed by atoms with Crippen LogP contribution in [0.5, 0.6) is 5.75 Å². The summed E-state index contributed by atoms with van der Waals surface area (Å²) in [4.78, 5) is 2.26. The molecule has 1 saturated heterocycles. The Balaban J connectivity index is 2.06. The van der Waals surface area contributed by atoms with Gasteiger partial charge in [-0.2, -0.15) is 5.26 Å². The van der Waals surface area contributed by atoms with Crippen LogP contribution < -0.4 is 4.74 Å². The number of benzene rings is 1. The molecule has 0 spiro atoms. The van der Waals surface area contributed by atoms with Crippen molar-refractivity contribution < 1.29 is 4.74 Å². The van der Waals surface area contributed by atoms with Gasteiger partial charge in [-0.05, 0) is 43.5 Å². The summed E-state index contributed by atoms with van der Waals surface area (Å²) in [6.07, 6.45) is 3.37. The molecule has 0 N–H and O–H groups in total. The molecule has 2 rings (SSSR count). The van der Waals surface area contributed by atoms with Crippen molar-refractivity contribution >= 4 is 0 Å². The Morgan fingerprint density at radius 2 is 2.35 bits per heavy atom. The first-order valence-corrected chi connectivity index (χ1v) is 6.10. The van der Waals surface area contributed by atoms with Crippen LogP contribution in [-0.4, -0.2) is 24.6 Å². The summed E-state index contributed by atoms with van der Waals surface area (Å²) in [6.45, 7) is 1.87. The summed E-state index contributed by atoms with van der Waals surface area (Å²) in [7, 11) is 1.68. The number of hydrogen-bond donors (Lipinski definition) is 0. The molecule has 1 aromatic carbocycles. The van der Waals surface area contributed by atoms with Gasteiger partial charge in [0.05, 0.1) is 19.2 Å². The fraction of sp³-hybridized carbons (Fsp3) is 0.500. The van der Waals surface area contributed by atoms with Gasteiger partial charge < -0.3 is 4.74 Å². The Hall–Kier alpha value is -1.53. The van der Waals surface area contributed by atoms with Crippen molar-refractivity contribution in [1.29, 1.82) is 5.26 Å². The summed E-state index contributed by atoms with van der Waals surface area (Å²) in [5.41, 5.74) is 1.21. The second-order valence-electron chi connectivity index (χ2n) is 4.46. The third kappa shape index (κ3) is 2.98. The average Bonchev–Trinajstić information content (AvgIpc) is 2.39. The first-order valence-electron chi connectivity index (χ1n) is 6.10. The van der Waals surface area contributed by atoms with Crippen molar-refractivity contribution in [1.82, 2.24) is 4.90 Å². The molecule has 90 valence electrons. The second kappa shape index (κ2) is 5.70. The van der Waals surface area contributed by atoms with Gasteiger partial charge in [0.1, 0.15) is 5.75 Å². The number of methoxy groups -OCH3 is 1. The summed E-state index contributed by atoms with van der Waals surface area (Å²) in [6, 6.07) is 10.6. The van der Waals surface area contributed by atoms with Crippen LogP contribution in [0.2, 0.25) is 0 Å². The lowest BCUT2D eigenvalue weighted by atomic mass is 10.0. The largest absolute Gasteiger partial charge is 0.497 e. The molecule has 1 aliphatic heterocycles. The van der Waals surface area contributed by atoms with Gasteiger partial charge in [0.2, 0.25) is 0 Å². The van der Waals surface area contributed by atoms with Gasteiger partial charge in [-0.25, -0.2) is 0 Å². The standard InChI is InChI=1S/C14H18N2O/c1-17-14-7-4-5-12(9-14)11-16-8-3-2-6-13(16)10-15/h4-5,7,9,13H,2-3,6,8,11H2,1H3. The highest BCUT2D eigenvalue weighted by Gasteiger charge is 2.21. The van der Waals surface area contributed by atoms with Crippen LogP contribution in [0.25, 0.3) is 0 Å². The normalized spacial score (nSPS) is 20.8. The summed E-state index contributed by atoms with van der Waals surface area (Å²) >= 11 is 0. The molecule has 0 aliphatic carbocycles. The van der Waals surface area contributed by atoms with Crippen LogP contribution in [0, 0.1) is 11.3 Å². The van der Waals surface area contributed by atoms with E-state index >= 15 is 0 Å². The number of ether oxygens (including phenoxy) is 1. The highest BCUT2D eigenvalue weighted by Crippen LogP contribution is 2.20. The van der Waals surface area contributed by atoms with Gasteiger partial charge in [0.25, 0.3) is 0 Å². The molecule has 3 nitrogen and oxygen atoms in total. The predicted octanol–water partition coefficient (Wildman–Crippen LogP) is 2.57. The van der Waals surface area contributed by atoms with Crippen LogP contribution in [0.15, 0.2) is 24.3 Å². The van der Waals surface area contributed by atoms with E-state index in [4.69, 9.17) is 10.00 Å². The number of rotatable bonds is 3. The molecule has 1 unspecified atom stereocenters. The van der Waals surface area contributed by atoms with E-state index in [9.17, 15) is 0 Å². The number of hydrogen-bond acceptors (Lipinski definition) is 3. The smallest absolute Gasteiger partial charge is 0.119 e. The number of nitriles is 1. The lowest BCUT2D eigenvalue weighted by molar-refractivity contribution is 0.176. The van der Waals surface area contributed by atoms with Crippen molar-refractivity contribution in [2.45, 2.75) is 31.8 Å². The maximum atomic E-state index is 9.12. The highest BCUT2D eigenvalue weighted by molar-refractivity contribution is 5.28. The van der Waals surface area contributed by atoms with Crippen LogP contribution >= 0.6 is 0 Å². The summed E-state index contributed by atoms with van der Waals surface area (Å²) in [5, 5.41) is 9.12. The molecule has 17 heavy (non-hydrogen) atoms. The Bertz CT molecular complexity index is 411. The number of nitrogens with zero attached hydrogens (tertiary/aromatic N) is 2. The monoisotopic (exact) mass is 230 g/mol. The molecular formula is C14H18N2O. The molecule has 0 saturated carbocycles. The van der Waals surface area contributed by atoms with Crippen molar-refractivity contribution in [3.8, 4) is 11.8 Å². The fourth-order valence-corrected chi connectivity index (χ4v) is 2.33. The first-order chi connectivity index (χ1) is 8.33. The van der Waals surface area contributed by atoms with Crippen LogP contribution in [0.4, 0.5) is 0 Å². The predicted molar refractivity (Wildman–Crippen MR) is 66.7 cm³/mol. The minimum Gasteiger partial charge on any atom is -0.497 e. The highest BCUT2D eigenvalue weighted by atomic mass is 16.5.